The van der Waals surface area contributed by atoms with Crippen molar-refractivity contribution in [1.29, 1.82) is 5.26 Å². The van der Waals surface area contributed by atoms with Crippen LogP contribution in [0.5, 0.6) is 0 Å². The predicted octanol–water partition coefficient (Wildman–Crippen LogP) is 0.972. The molecule has 0 aromatic rings. The van der Waals surface area contributed by atoms with Crippen LogP contribution >= 0.6 is 0 Å². The molecule has 1 fully saturated rings. The fourth-order valence-electron chi connectivity index (χ4n) is 1.89. The van der Waals surface area contributed by atoms with E-state index >= 15 is 0 Å². The number of nitrogens with zero attached hydrogens (tertiary/aromatic N) is 2. The Morgan fingerprint density at radius 3 is 2.85 bits per heavy atom. The van der Waals surface area contributed by atoms with E-state index in [2.05, 4.69) is 37.1 Å². The van der Waals surface area contributed by atoms with Gasteiger partial charge in [-0.05, 0) is 20.4 Å². The molecule has 0 radical (unpaired) electrons. The van der Waals surface area contributed by atoms with Gasteiger partial charge in [-0.2, -0.15) is 5.26 Å². The summed E-state index contributed by atoms with van der Waals surface area (Å²) < 4.78 is 0. The molecule has 3 heteroatoms. The average Bonchev–Trinajstić information content (AvgIpc) is 2.08. The first-order valence-electron chi connectivity index (χ1n) is 4.95. The molecule has 3 nitrogen and oxygen atoms in total. The first-order valence-corrected chi connectivity index (χ1v) is 4.95. The second-order valence-corrected chi connectivity index (χ2v) is 4.29. The topological polar surface area (TPSA) is 39.1 Å². The van der Waals surface area contributed by atoms with Crippen LogP contribution in [0.4, 0.5) is 0 Å². The van der Waals surface area contributed by atoms with Crippen molar-refractivity contribution < 1.29 is 0 Å². The van der Waals surface area contributed by atoms with Gasteiger partial charge in [0.05, 0.1) is 12.5 Å². The molecule has 1 atom stereocenters. The molecule has 0 saturated carbocycles. The third-order valence-corrected chi connectivity index (χ3v) is 2.84. The number of rotatable bonds is 2. The molecule has 0 bridgehead atoms. The van der Waals surface area contributed by atoms with Crippen LogP contribution in [0, 0.1) is 11.3 Å². The molecular weight excluding hydrogens is 162 g/mol. The average molecular weight is 181 g/mol. The Bertz CT molecular complexity index is 205. The Morgan fingerprint density at radius 2 is 2.31 bits per heavy atom. The molecule has 1 rings (SSSR count). The Kier molecular flexibility index (Phi) is 3.29. The maximum Gasteiger partial charge on any atom is 0.0638 e. The van der Waals surface area contributed by atoms with Gasteiger partial charge in [0, 0.05) is 24.7 Å². The van der Waals surface area contributed by atoms with Crippen LogP contribution in [0.25, 0.3) is 0 Å². The van der Waals surface area contributed by atoms with Gasteiger partial charge >= 0.3 is 0 Å². The summed E-state index contributed by atoms with van der Waals surface area (Å²) in [7, 11) is 0. The lowest BCUT2D eigenvalue weighted by Gasteiger charge is -2.45. The summed E-state index contributed by atoms with van der Waals surface area (Å²) in [6, 6.07) is 2.58. The predicted molar refractivity (Wildman–Crippen MR) is 53.3 cm³/mol. The monoisotopic (exact) mass is 181 g/mol. The van der Waals surface area contributed by atoms with Crippen molar-refractivity contribution in [3.8, 4) is 6.07 Å². The molecule has 13 heavy (non-hydrogen) atoms. The quantitative estimate of drug-likeness (QED) is 0.690. The van der Waals surface area contributed by atoms with Gasteiger partial charge in [0.1, 0.15) is 0 Å². The van der Waals surface area contributed by atoms with Crippen molar-refractivity contribution in [2.24, 2.45) is 0 Å². The molecule has 0 amide bonds. The van der Waals surface area contributed by atoms with Gasteiger partial charge < -0.3 is 5.32 Å². The first-order chi connectivity index (χ1) is 6.10. The molecule has 0 aliphatic carbocycles. The van der Waals surface area contributed by atoms with E-state index in [0.717, 1.165) is 19.6 Å². The van der Waals surface area contributed by atoms with Gasteiger partial charge in [0.2, 0.25) is 0 Å². The third-order valence-electron chi connectivity index (χ3n) is 2.84. The molecule has 1 saturated heterocycles. The Morgan fingerprint density at radius 1 is 1.62 bits per heavy atom. The molecule has 0 spiro atoms. The molecule has 1 heterocycles. The van der Waals surface area contributed by atoms with E-state index in [1.54, 1.807) is 0 Å². The van der Waals surface area contributed by atoms with E-state index in [9.17, 15) is 0 Å². The Balaban J connectivity index is 2.54. The standard InChI is InChI=1S/C10H19N3/c1-4-13-7-9(5-6-11)12-8-10(13,2)3/h9,12H,4-5,7-8H2,1-3H3. The van der Waals surface area contributed by atoms with Gasteiger partial charge in [0.25, 0.3) is 0 Å². The lowest BCUT2D eigenvalue weighted by molar-refractivity contribution is 0.0729. The lowest BCUT2D eigenvalue weighted by atomic mass is 9.97. The van der Waals surface area contributed by atoms with Crippen LogP contribution in [0.2, 0.25) is 0 Å². The first kappa shape index (κ1) is 10.5. The molecular formula is C10H19N3. The summed E-state index contributed by atoms with van der Waals surface area (Å²) in [6.07, 6.45) is 0.618. The molecule has 0 aromatic heterocycles. The number of hydrogen-bond donors (Lipinski definition) is 1. The van der Waals surface area contributed by atoms with E-state index in [0.29, 0.717) is 12.5 Å². The number of hydrogen-bond acceptors (Lipinski definition) is 3. The fraction of sp³-hybridized carbons (Fsp3) is 0.900. The van der Waals surface area contributed by atoms with E-state index in [1.807, 2.05) is 0 Å². The van der Waals surface area contributed by atoms with Gasteiger partial charge in [-0.3, -0.25) is 4.90 Å². The SMILES string of the molecule is CCN1CC(CC#N)NCC1(C)C. The molecule has 74 valence electrons. The van der Waals surface area contributed by atoms with Crippen LogP contribution in [0.15, 0.2) is 0 Å². The second-order valence-electron chi connectivity index (χ2n) is 4.29. The Hall–Kier alpha value is -0.590. The molecule has 1 N–H and O–H groups in total. The smallest absolute Gasteiger partial charge is 0.0638 e. The summed E-state index contributed by atoms with van der Waals surface area (Å²) >= 11 is 0. The van der Waals surface area contributed by atoms with E-state index in [-0.39, 0.29) is 5.54 Å². The highest BCUT2D eigenvalue weighted by Gasteiger charge is 2.32. The minimum atomic E-state index is 0.237. The zero-order chi connectivity index (χ0) is 9.90. The molecule has 1 aliphatic rings. The number of nitriles is 1. The number of likely N-dealkylation sites (N-methyl/N-ethyl adjacent to an activating group) is 1. The van der Waals surface area contributed by atoms with Crippen LogP contribution in [0.3, 0.4) is 0 Å². The maximum atomic E-state index is 8.60. The molecule has 1 aliphatic heterocycles. The minimum absolute atomic E-state index is 0.237. The van der Waals surface area contributed by atoms with Gasteiger partial charge in [-0.25, -0.2) is 0 Å². The van der Waals surface area contributed by atoms with Crippen molar-refractivity contribution in [2.45, 2.75) is 38.8 Å². The normalized spacial score (nSPS) is 28.3. The zero-order valence-electron chi connectivity index (χ0n) is 8.80. The summed E-state index contributed by atoms with van der Waals surface area (Å²) in [5, 5.41) is 12.0. The fourth-order valence-corrected chi connectivity index (χ4v) is 1.89. The van der Waals surface area contributed by atoms with Crippen molar-refractivity contribution in [1.82, 2.24) is 10.2 Å². The number of piperazine rings is 1. The van der Waals surface area contributed by atoms with Crippen molar-refractivity contribution in [3.63, 3.8) is 0 Å². The van der Waals surface area contributed by atoms with Gasteiger partial charge in [0.15, 0.2) is 0 Å². The van der Waals surface area contributed by atoms with Crippen molar-refractivity contribution in [2.75, 3.05) is 19.6 Å². The summed E-state index contributed by atoms with van der Waals surface area (Å²) in [6.45, 7) is 9.70. The van der Waals surface area contributed by atoms with Crippen LogP contribution in [-0.2, 0) is 0 Å². The molecule has 0 aromatic carbocycles. The van der Waals surface area contributed by atoms with Crippen LogP contribution in [-0.4, -0.2) is 36.1 Å². The van der Waals surface area contributed by atoms with E-state index in [4.69, 9.17) is 5.26 Å². The van der Waals surface area contributed by atoms with Gasteiger partial charge in [-0.15, -0.1) is 0 Å². The van der Waals surface area contributed by atoms with Crippen molar-refractivity contribution in [3.05, 3.63) is 0 Å². The second kappa shape index (κ2) is 4.08. The summed E-state index contributed by atoms with van der Waals surface area (Å²) in [5.74, 6) is 0. The van der Waals surface area contributed by atoms with E-state index < -0.39 is 0 Å². The minimum Gasteiger partial charge on any atom is -0.310 e. The maximum absolute atomic E-state index is 8.60. The number of nitrogens with one attached hydrogen (secondary N) is 1. The van der Waals surface area contributed by atoms with Crippen LogP contribution < -0.4 is 5.32 Å². The highest BCUT2D eigenvalue weighted by atomic mass is 15.3. The zero-order valence-corrected chi connectivity index (χ0v) is 8.80. The third kappa shape index (κ3) is 2.43. The van der Waals surface area contributed by atoms with Gasteiger partial charge in [-0.1, -0.05) is 6.92 Å². The summed E-state index contributed by atoms with van der Waals surface area (Å²) in [5.41, 5.74) is 0.237. The molecule has 1 unspecified atom stereocenters. The Labute approximate surface area is 80.7 Å². The van der Waals surface area contributed by atoms with E-state index in [1.165, 1.54) is 0 Å². The van der Waals surface area contributed by atoms with Crippen molar-refractivity contribution >= 4 is 0 Å². The largest absolute Gasteiger partial charge is 0.310 e. The summed E-state index contributed by atoms with van der Waals surface area (Å²) in [4.78, 5) is 2.44. The highest BCUT2D eigenvalue weighted by Crippen LogP contribution is 2.18. The van der Waals surface area contributed by atoms with Crippen LogP contribution in [0.1, 0.15) is 27.2 Å². The lowest BCUT2D eigenvalue weighted by Crippen LogP contribution is -2.61. The highest BCUT2D eigenvalue weighted by molar-refractivity contribution is 4.95.